The average molecular weight is 162 g/mol. The van der Waals surface area contributed by atoms with Crippen molar-refractivity contribution in [3.8, 4) is 0 Å². The second-order valence-corrected chi connectivity index (χ2v) is 3.34. The first kappa shape index (κ1) is 7.35. The van der Waals surface area contributed by atoms with Crippen LogP contribution < -0.4 is 0 Å². The van der Waals surface area contributed by atoms with Crippen molar-refractivity contribution in [2.75, 3.05) is 0 Å². The minimum absolute atomic E-state index is 0. The molecule has 1 N–H and O–H groups in total. The lowest BCUT2D eigenvalue weighted by Crippen LogP contribution is -1.84. The first-order chi connectivity index (χ1) is 5.77. The van der Waals surface area contributed by atoms with Crippen molar-refractivity contribution in [2.24, 2.45) is 0 Å². The maximum atomic E-state index is 4.05. The summed E-state index contributed by atoms with van der Waals surface area (Å²) in [7, 11) is 0. The lowest BCUT2D eigenvalue weighted by Gasteiger charge is -1.97. The van der Waals surface area contributed by atoms with Crippen molar-refractivity contribution in [1.82, 2.24) is 9.97 Å². The van der Waals surface area contributed by atoms with E-state index in [-0.39, 0.29) is 1.43 Å². The molecule has 2 nitrogen and oxygen atoms in total. The third-order valence-corrected chi connectivity index (χ3v) is 2.07. The highest BCUT2D eigenvalue weighted by Gasteiger charge is 2.02. The van der Waals surface area contributed by atoms with E-state index in [9.17, 15) is 0 Å². The summed E-state index contributed by atoms with van der Waals surface area (Å²) in [4.78, 5) is 7.39. The van der Waals surface area contributed by atoms with Gasteiger partial charge in [-0.05, 0) is 18.1 Å². The van der Waals surface area contributed by atoms with Gasteiger partial charge in [-0.2, -0.15) is 0 Å². The summed E-state index contributed by atoms with van der Waals surface area (Å²) in [5.74, 6) is 0.553. The van der Waals surface area contributed by atoms with Gasteiger partial charge in [-0.25, -0.2) is 0 Å². The summed E-state index contributed by atoms with van der Waals surface area (Å²) >= 11 is 0. The fourth-order valence-electron chi connectivity index (χ4n) is 1.31. The number of nitrogens with zero attached hydrogens (tertiary/aromatic N) is 1. The Kier molecular flexibility index (Phi) is 1.61. The van der Waals surface area contributed by atoms with E-state index < -0.39 is 0 Å². The molecule has 0 aliphatic rings. The van der Waals surface area contributed by atoms with Crippen LogP contribution in [0.2, 0.25) is 0 Å². The second kappa shape index (κ2) is 2.63. The Labute approximate surface area is 73.1 Å². The Morgan fingerprint density at radius 3 is 3.00 bits per heavy atom. The minimum Gasteiger partial charge on any atom is -0.357 e. The predicted octanol–water partition coefficient (Wildman–Crippen LogP) is 2.93. The third-order valence-electron chi connectivity index (χ3n) is 2.07. The maximum absolute atomic E-state index is 4.05. The number of nitrogens with one attached hydrogen (secondary N) is 1. The molecule has 0 radical (unpaired) electrons. The molecule has 0 spiro atoms. The van der Waals surface area contributed by atoms with Crippen LogP contribution in [0.5, 0.6) is 0 Å². The molecule has 0 aromatic carbocycles. The molecule has 0 fully saturated rings. The summed E-state index contributed by atoms with van der Waals surface area (Å²) in [6, 6.07) is 4.21. The highest BCUT2D eigenvalue weighted by atomic mass is 14.7. The van der Waals surface area contributed by atoms with Crippen LogP contribution >= 0.6 is 0 Å². The van der Waals surface area contributed by atoms with Crippen molar-refractivity contribution in [3.05, 3.63) is 30.2 Å². The van der Waals surface area contributed by atoms with Gasteiger partial charge in [0.1, 0.15) is 0 Å². The van der Waals surface area contributed by atoms with Gasteiger partial charge in [0.05, 0.1) is 11.7 Å². The van der Waals surface area contributed by atoms with Crippen LogP contribution in [0.3, 0.4) is 0 Å². The Bertz CT molecular complexity index is 359. The fraction of sp³-hybridized carbons (Fsp3) is 0.300. The molecule has 12 heavy (non-hydrogen) atoms. The fourth-order valence-corrected chi connectivity index (χ4v) is 1.31. The van der Waals surface area contributed by atoms with Gasteiger partial charge in [-0.1, -0.05) is 13.8 Å². The van der Waals surface area contributed by atoms with Crippen LogP contribution in [0.1, 0.15) is 26.9 Å². The standard InChI is InChI=1S/C10H12N2.H2/c1-7(2)9-5-8-3-4-11-6-10(8)12-9;/h3-7,12H,1-2H3;1H. The topological polar surface area (TPSA) is 28.7 Å². The second-order valence-electron chi connectivity index (χ2n) is 3.34. The molecule has 2 heterocycles. The highest BCUT2D eigenvalue weighted by molar-refractivity contribution is 5.79. The Hall–Kier alpha value is -1.31. The Morgan fingerprint density at radius 1 is 1.50 bits per heavy atom. The van der Waals surface area contributed by atoms with Gasteiger partial charge in [-0.15, -0.1) is 0 Å². The molecule has 0 aliphatic heterocycles. The zero-order valence-corrected chi connectivity index (χ0v) is 7.33. The number of pyridine rings is 1. The van der Waals surface area contributed by atoms with Gasteiger partial charge < -0.3 is 4.98 Å². The summed E-state index contributed by atoms with van der Waals surface area (Å²) in [5.41, 5.74) is 2.40. The zero-order valence-electron chi connectivity index (χ0n) is 7.33. The number of rotatable bonds is 1. The summed E-state index contributed by atoms with van der Waals surface area (Å²) in [6.45, 7) is 4.36. The Balaban J connectivity index is 0.000000845. The maximum Gasteiger partial charge on any atom is 0.0642 e. The average Bonchev–Trinajstić information content (AvgIpc) is 2.46. The van der Waals surface area contributed by atoms with Crippen LogP contribution in [0.15, 0.2) is 24.5 Å². The van der Waals surface area contributed by atoms with E-state index in [0.717, 1.165) is 5.52 Å². The quantitative estimate of drug-likeness (QED) is 0.686. The van der Waals surface area contributed by atoms with Crippen LogP contribution in [0.25, 0.3) is 10.9 Å². The molecule has 2 rings (SSSR count). The molecule has 0 aliphatic carbocycles. The number of hydrogen-bond donors (Lipinski definition) is 1. The van der Waals surface area contributed by atoms with Crippen molar-refractivity contribution >= 4 is 10.9 Å². The zero-order chi connectivity index (χ0) is 8.55. The summed E-state index contributed by atoms with van der Waals surface area (Å²) in [6.07, 6.45) is 3.68. The van der Waals surface area contributed by atoms with E-state index in [1.54, 1.807) is 0 Å². The SMILES string of the molecule is CC(C)c1cc2ccncc2[nH]1.[HH]. The van der Waals surface area contributed by atoms with Crippen LogP contribution in [-0.2, 0) is 0 Å². The van der Waals surface area contributed by atoms with Crippen molar-refractivity contribution in [1.29, 1.82) is 0 Å². The monoisotopic (exact) mass is 162 g/mol. The van der Waals surface area contributed by atoms with Gasteiger partial charge in [0.15, 0.2) is 0 Å². The molecule has 0 saturated heterocycles. The van der Waals surface area contributed by atoms with Crippen molar-refractivity contribution < 1.29 is 1.43 Å². The van der Waals surface area contributed by atoms with Crippen molar-refractivity contribution in [2.45, 2.75) is 19.8 Å². The normalized spacial score (nSPS) is 11.2. The number of H-pyrrole nitrogens is 1. The van der Waals surface area contributed by atoms with Gasteiger partial charge >= 0.3 is 0 Å². The molecule has 64 valence electrons. The van der Waals surface area contributed by atoms with E-state index >= 15 is 0 Å². The van der Waals surface area contributed by atoms with Crippen molar-refractivity contribution in [3.63, 3.8) is 0 Å². The number of aromatic nitrogens is 2. The number of hydrogen-bond acceptors (Lipinski definition) is 1. The van der Waals surface area contributed by atoms with E-state index in [0.29, 0.717) is 5.92 Å². The largest absolute Gasteiger partial charge is 0.357 e. The molecule has 0 atom stereocenters. The summed E-state index contributed by atoms with van der Waals surface area (Å²) < 4.78 is 0. The van der Waals surface area contributed by atoms with E-state index in [4.69, 9.17) is 0 Å². The lowest BCUT2D eigenvalue weighted by molar-refractivity contribution is 0.836. The van der Waals surface area contributed by atoms with E-state index in [2.05, 4.69) is 29.9 Å². The minimum atomic E-state index is 0. The number of fused-ring (bicyclic) bond motifs is 1. The van der Waals surface area contributed by atoms with E-state index in [1.165, 1.54) is 11.1 Å². The molecule has 0 bridgehead atoms. The molecule has 2 aromatic rings. The molecule has 2 aromatic heterocycles. The lowest BCUT2D eigenvalue weighted by atomic mass is 10.1. The van der Waals surface area contributed by atoms with E-state index in [1.807, 2.05) is 18.5 Å². The van der Waals surface area contributed by atoms with Crippen LogP contribution in [0.4, 0.5) is 0 Å². The molecule has 0 unspecified atom stereocenters. The highest BCUT2D eigenvalue weighted by Crippen LogP contribution is 2.19. The molecule has 0 saturated carbocycles. The van der Waals surface area contributed by atoms with Gasteiger partial charge in [0.2, 0.25) is 0 Å². The molecule has 2 heteroatoms. The van der Waals surface area contributed by atoms with Gasteiger partial charge in [-0.3, -0.25) is 4.98 Å². The molecule has 0 amide bonds. The first-order valence-electron chi connectivity index (χ1n) is 4.20. The predicted molar refractivity (Wildman–Crippen MR) is 52.3 cm³/mol. The van der Waals surface area contributed by atoms with Crippen LogP contribution in [0, 0.1) is 0 Å². The Morgan fingerprint density at radius 2 is 2.33 bits per heavy atom. The summed E-state index contributed by atoms with van der Waals surface area (Å²) in [5, 5.41) is 1.24. The third kappa shape index (κ3) is 1.09. The number of aromatic amines is 1. The molecular formula is C10H14N2. The van der Waals surface area contributed by atoms with Gasteiger partial charge in [0, 0.05) is 18.7 Å². The smallest absolute Gasteiger partial charge is 0.0642 e. The van der Waals surface area contributed by atoms with Gasteiger partial charge in [0.25, 0.3) is 0 Å². The molecular weight excluding hydrogens is 148 g/mol. The first-order valence-corrected chi connectivity index (χ1v) is 4.20. The van der Waals surface area contributed by atoms with Crippen LogP contribution in [-0.4, -0.2) is 9.97 Å².